The standard InChI is InChI=1S/C13H15F3N2O4/c14-13(15,16)8-22-11-6-5-9(7-17-11)18-10(19)3-1-2-4-12(20)21/h5-7H,1-4,8H2,(H,18,19)(H,20,21). The van der Waals surface area contributed by atoms with Gasteiger partial charge in [-0.2, -0.15) is 13.2 Å². The van der Waals surface area contributed by atoms with Crippen molar-refractivity contribution in [2.45, 2.75) is 31.9 Å². The van der Waals surface area contributed by atoms with Gasteiger partial charge >= 0.3 is 12.1 Å². The number of unbranched alkanes of at least 4 members (excludes halogenated alkanes) is 1. The van der Waals surface area contributed by atoms with Crippen molar-refractivity contribution in [3.8, 4) is 5.88 Å². The molecule has 0 aliphatic carbocycles. The number of ether oxygens (including phenoxy) is 1. The lowest BCUT2D eigenvalue weighted by Gasteiger charge is -2.09. The molecule has 0 bridgehead atoms. The predicted molar refractivity (Wildman–Crippen MR) is 70.5 cm³/mol. The number of carbonyl (C=O) groups excluding carboxylic acids is 1. The predicted octanol–water partition coefficient (Wildman–Crippen LogP) is 2.61. The van der Waals surface area contributed by atoms with E-state index in [0.29, 0.717) is 18.5 Å². The zero-order valence-corrected chi connectivity index (χ0v) is 11.5. The molecule has 0 saturated carbocycles. The van der Waals surface area contributed by atoms with Crippen LogP contribution in [0.1, 0.15) is 25.7 Å². The quantitative estimate of drug-likeness (QED) is 0.719. The zero-order valence-electron chi connectivity index (χ0n) is 11.5. The van der Waals surface area contributed by atoms with Gasteiger partial charge in [-0.15, -0.1) is 0 Å². The summed E-state index contributed by atoms with van der Waals surface area (Å²) < 4.78 is 40.3. The SMILES string of the molecule is O=C(O)CCCCC(=O)Nc1ccc(OCC(F)(F)F)nc1. The largest absolute Gasteiger partial charge is 0.481 e. The summed E-state index contributed by atoms with van der Waals surface area (Å²) in [6.07, 6.45) is -2.28. The molecule has 1 aromatic rings. The molecule has 22 heavy (non-hydrogen) atoms. The highest BCUT2D eigenvalue weighted by molar-refractivity contribution is 5.90. The Bertz CT molecular complexity index is 503. The molecule has 0 spiro atoms. The van der Waals surface area contributed by atoms with Crippen LogP contribution in [0.4, 0.5) is 18.9 Å². The van der Waals surface area contributed by atoms with E-state index < -0.39 is 18.8 Å². The summed E-state index contributed by atoms with van der Waals surface area (Å²) in [5.41, 5.74) is 0.322. The van der Waals surface area contributed by atoms with Gasteiger partial charge in [0.05, 0.1) is 11.9 Å². The molecule has 1 heterocycles. The first-order chi connectivity index (χ1) is 10.3. The fourth-order valence-electron chi connectivity index (χ4n) is 1.48. The number of nitrogens with one attached hydrogen (secondary N) is 1. The molecule has 0 fully saturated rings. The van der Waals surface area contributed by atoms with E-state index >= 15 is 0 Å². The summed E-state index contributed by atoms with van der Waals surface area (Å²) in [7, 11) is 0. The van der Waals surface area contributed by atoms with E-state index in [1.165, 1.54) is 18.3 Å². The third kappa shape index (κ3) is 8.08. The van der Waals surface area contributed by atoms with Crippen LogP contribution in [0, 0.1) is 0 Å². The fraction of sp³-hybridized carbons (Fsp3) is 0.462. The molecule has 0 aromatic carbocycles. The summed E-state index contributed by atoms with van der Waals surface area (Å²) in [5.74, 6) is -1.44. The first-order valence-electron chi connectivity index (χ1n) is 6.43. The van der Waals surface area contributed by atoms with Crippen LogP contribution in [0.3, 0.4) is 0 Å². The summed E-state index contributed by atoms with van der Waals surface area (Å²) in [6, 6.07) is 2.58. The molecule has 0 aliphatic rings. The van der Waals surface area contributed by atoms with E-state index in [1.807, 2.05) is 0 Å². The Hall–Kier alpha value is -2.32. The second-order valence-corrected chi connectivity index (χ2v) is 4.44. The van der Waals surface area contributed by atoms with Crippen LogP contribution in [-0.4, -0.2) is 34.8 Å². The normalized spacial score (nSPS) is 11.0. The number of aromatic nitrogens is 1. The van der Waals surface area contributed by atoms with Gasteiger partial charge in [0.1, 0.15) is 0 Å². The topological polar surface area (TPSA) is 88.5 Å². The van der Waals surface area contributed by atoms with Crippen LogP contribution < -0.4 is 10.1 Å². The molecule has 2 N–H and O–H groups in total. The van der Waals surface area contributed by atoms with Crippen LogP contribution >= 0.6 is 0 Å². The Kier molecular flexibility index (Phi) is 6.61. The number of rotatable bonds is 8. The van der Waals surface area contributed by atoms with Gasteiger partial charge in [0.2, 0.25) is 11.8 Å². The van der Waals surface area contributed by atoms with Crippen molar-refractivity contribution in [2.75, 3.05) is 11.9 Å². The van der Waals surface area contributed by atoms with Crippen LogP contribution in [0.5, 0.6) is 5.88 Å². The number of alkyl halides is 3. The van der Waals surface area contributed by atoms with Gasteiger partial charge in [0.15, 0.2) is 6.61 Å². The molecule has 122 valence electrons. The Balaban J connectivity index is 2.34. The van der Waals surface area contributed by atoms with Crippen LogP contribution in [-0.2, 0) is 9.59 Å². The number of hydrogen-bond donors (Lipinski definition) is 2. The van der Waals surface area contributed by atoms with E-state index in [0.717, 1.165) is 0 Å². The summed E-state index contributed by atoms with van der Waals surface area (Å²) in [4.78, 5) is 25.5. The molecule has 0 radical (unpaired) electrons. The average molecular weight is 320 g/mol. The molecular formula is C13H15F3N2O4. The van der Waals surface area contributed by atoms with Gasteiger partial charge in [-0.05, 0) is 18.9 Å². The third-order valence-corrected chi connectivity index (χ3v) is 2.45. The lowest BCUT2D eigenvalue weighted by atomic mass is 10.2. The van der Waals surface area contributed by atoms with Crippen molar-refractivity contribution < 1.29 is 32.6 Å². The molecule has 0 aliphatic heterocycles. The minimum atomic E-state index is -4.44. The maximum atomic E-state index is 11.9. The van der Waals surface area contributed by atoms with Gasteiger partial charge in [-0.1, -0.05) is 0 Å². The second-order valence-electron chi connectivity index (χ2n) is 4.44. The van der Waals surface area contributed by atoms with Gasteiger partial charge < -0.3 is 15.2 Å². The van der Waals surface area contributed by atoms with Crippen LogP contribution in [0.25, 0.3) is 0 Å². The maximum absolute atomic E-state index is 11.9. The van der Waals surface area contributed by atoms with Crippen molar-refractivity contribution in [1.29, 1.82) is 0 Å². The highest BCUT2D eigenvalue weighted by Gasteiger charge is 2.28. The molecule has 9 heteroatoms. The number of carboxylic acid groups (broad SMARTS) is 1. The van der Waals surface area contributed by atoms with Gasteiger partial charge in [0.25, 0.3) is 0 Å². The van der Waals surface area contributed by atoms with Gasteiger partial charge in [0, 0.05) is 18.9 Å². The van der Waals surface area contributed by atoms with Crippen LogP contribution in [0.15, 0.2) is 18.3 Å². The smallest absolute Gasteiger partial charge is 0.422 e. The van der Waals surface area contributed by atoms with E-state index in [4.69, 9.17) is 5.11 Å². The second kappa shape index (κ2) is 8.20. The zero-order chi connectivity index (χ0) is 16.6. The number of halogens is 3. The summed E-state index contributed by atoms with van der Waals surface area (Å²) >= 11 is 0. The number of carboxylic acids is 1. The van der Waals surface area contributed by atoms with Crippen molar-refractivity contribution in [2.24, 2.45) is 0 Å². The first kappa shape index (κ1) is 17.7. The minimum Gasteiger partial charge on any atom is -0.481 e. The van der Waals surface area contributed by atoms with Gasteiger partial charge in [-0.25, -0.2) is 4.98 Å². The van der Waals surface area contributed by atoms with Crippen molar-refractivity contribution >= 4 is 17.6 Å². The number of amides is 1. The molecule has 0 unspecified atom stereocenters. The maximum Gasteiger partial charge on any atom is 0.422 e. The van der Waals surface area contributed by atoms with E-state index in [9.17, 15) is 22.8 Å². The average Bonchev–Trinajstić information content (AvgIpc) is 2.42. The lowest BCUT2D eigenvalue weighted by molar-refractivity contribution is -0.154. The monoisotopic (exact) mass is 320 g/mol. The van der Waals surface area contributed by atoms with Crippen molar-refractivity contribution in [1.82, 2.24) is 4.98 Å². The number of nitrogens with zero attached hydrogens (tertiary/aromatic N) is 1. The van der Waals surface area contributed by atoms with Gasteiger partial charge in [-0.3, -0.25) is 9.59 Å². The highest BCUT2D eigenvalue weighted by atomic mass is 19.4. The Labute approximate surface area is 124 Å². The number of pyridine rings is 1. The molecule has 1 rings (SSSR count). The molecule has 6 nitrogen and oxygen atoms in total. The van der Waals surface area contributed by atoms with E-state index in [2.05, 4.69) is 15.0 Å². The van der Waals surface area contributed by atoms with Crippen molar-refractivity contribution in [3.05, 3.63) is 18.3 Å². The molecule has 1 aromatic heterocycles. The molecule has 1 amide bonds. The summed E-state index contributed by atoms with van der Waals surface area (Å²) in [5, 5.41) is 10.9. The number of hydrogen-bond acceptors (Lipinski definition) is 4. The minimum absolute atomic E-state index is 0.0000762. The van der Waals surface area contributed by atoms with E-state index in [-0.39, 0.29) is 24.6 Å². The lowest BCUT2D eigenvalue weighted by Crippen LogP contribution is -2.19. The Morgan fingerprint density at radius 2 is 1.91 bits per heavy atom. The van der Waals surface area contributed by atoms with Crippen LogP contribution in [0.2, 0.25) is 0 Å². The molecular weight excluding hydrogens is 305 g/mol. The Morgan fingerprint density at radius 3 is 2.45 bits per heavy atom. The molecule has 0 atom stereocenters. The number of anilines is 1. The fourth-order valence-corrected chi connectivity index (χ4v) is 1.48. The Morgan fingerprint density at radius 1 is 1.23 bits per heavy atom. The van der Waals surface area contributed by atoms with E-state index in [1.54, 1.807) is 0 Å². The number of aliphatic carboxylic acids is 1. The third-order valence-electron chi connectivity index (χ3n) is 2.45. The number of carbonyl (C=O) groups is 2. The highest BCUT2D eigenvalue weighted by Crippen LogP contribution is 2.18. The van der Waals surface area contributed by atoms with Crippen molar-refractivity contribution in [3.63, 3.8) is 0 Å². The first-order valence-corrected chi connectivity index (χ1v) is 6.43. The molecule has 0 saturated heterocycles. The summed E-state index contributed by atoms with van der Waals surface area (Å²) in [6.45, 7) is -1.44.